The first-order valence-corrected chi connectivity index (χ1v) is 9.90. The number of fused-ring (bicyclic) bond motifs is 1. The summed E-state index contributed by atoms with van der Waals surface area (Å²) in [6.45, 7) is 0.0178. The summed E-state index contributed by atoms with van der Waals surface area (Å²) in [4.78, 5) is 24.7. The van der Waals surface area contributed by atoms with Crippen LogP contribution in [-0.2, 0) is 16.1 Å². The maximum absolute atomic E-state index is 12.4. The zero-order valence-corrected chi connectivity index (χ0v) is 16.8. The second kappa shape index (κ2) is 9.59. The van der Waals surface area contributed by atoms with Gasteiger partial charge in [0.15, 0.2) is 6.61 Å². The lowest BCUT2D eigenvalue weighted by Gasteiger charge is -2.10. The molecule has 0 spiro atoms. The Hall–Kier alpha value is -4.12. The molecule has 5 heteroatoms. The summed E-state index contributed by atoms with van der Waals surface area (Å²) in [6, 6.07) is 29.9. The van der Waals surface area contributed by atoms with E-state index in [0.29, 0.717) is 23.6 Å². The Balaban J connectivity index is 1.33. The fourth-order valence-corrected chi connectivity index (χ4v) is 3.19. The van der Waals surface area contributed by atoms with Crippen LogP contribution in [0.4, 0.5) is 5.69 Å². The van der Waals surface area contributed by atoms with Crippen molar-refractivity contribution in [3.05, 3.63) is 108 Å². The van der Waals surface area contributed by atoms with E-state index in [1.165, 1.54) is 0 Å². The lowest BCUT2D eigenvalue weighted by atomic mass is 10.1. The molecule has 0 aliphatic carbocycles. The SMILES string of the molecule is O=C(COC(=O)c1cccc(OCc2ccccc2)c1)Nc1cccc2ccccc12. The van der Waals surface area contributed by atoms with Gasteiger partial charge in [-0.05, 0) is 35.2 Å². The van der Waals surface area contributed by atoms with E-state index in [9.17, 15) is 9.59 Å². The highest BCUT2D eigenvalue weighted by Crippen LogP contribution is 2.23. The Kier molecular flexibility index (Phi) is 6.24. The van der Waals surface area contributed by atoms with Gasteiger partial charge in [-0.15, -0.1) is 0 Å². The number of carbonyl (C=O) groups is 2. The van der Waals surface area contributed by atoms with Crippen LogP contribution >= 0.6 is 0 Å². The minimum Gasteiger partial charge on any atom is -0.489 e. The Morgan fingerprint density at radius 1 is 0.774 bits per heavy atom. The van der Waals surface area contributed by atoms with Crippen LogP contribution in [0.5, 0.6) is 5.75 Å². The average molecular weight is 411 g/mol. The van der Waals surface area contributed by atoms with Gasteiger partial charge in [0, 0.05) is 11.1 Å². The van der Waals surface area contributed by atoms with Gasteiger partial charge >= 0.3 is 5.97 Å². The van der Waals surface area contributed by atoms with Crippen molar-refractivity contribution in [3.63, 3.8) is 0 Å². The number of carbonyl (C=O) groups excluding carboxylic acids is 2. The van der Waals surface area contributed by atoms with Crippen LogP contribution in [-0.4, -0.2) is 18.5 Å². The largest absolute Gasteiger partial charge is 0.489 e. The van der Waals surface area contributed by atoms with Crippen LogP contribution in [0, 0.1) is 0 Å². The van der Waals surface area contributed by atoms with E-state index >= 15 is 0 Å². The van der Waals surface area contributed by atoms with E-state index in [1.54, 1.807) is 24.3 Å². The Morgan fingerprint density at radius 3 is 2.39 bits per heavy atom. The lowest BCUT2D eigenvalue weighted by molar-refractivity contribution is -0.119. The number of esters is 1. The molecule has 154 valence electrons. The molecule has 0 heterocycles. The van der Waals surface area contributed by atoms with Crippen LogP contribution < -0.4 is 10.1 Å². The normalized spacial score (nSPS) is 10.5. The van der Waals surface area contributed by atoms with Gasteiger partial charge in [0.2, 0.25) is 0 Å². The summed E-state index contributed by atoms with van der Waals surface area (Å²) in [5.41, 5.74) is 2.03. The molecular formula is C26H21NO4. The van der Waals surface area contributed by atoms with Crippen LogP contribution in [0.15, 0.2) is 97.1 Å². The van der Waals surface area contributed by atoms with Crippen molar-refractivity contribution in [2.45, 2.75) is 6.61 Å². The smallest absolute Gasteiger partial charge is 0.338 e. The van der Waals surface area contributed by atoms with Crippen LogP contribution in [0.3, 0.4) is 0 Å². The predicted octanol–water partition coefficient (Wildman–Crippen LogP) is 5.21. The molecule has 0 saturated carbocycles. The number of anilines is 1. The number of hydrogen-bond acceptors (Lipinski definition) is 4. The fraction of sp³-hybridized carbons (Fsp3) is 0.0769. The van der Waals surface area contributed by atoms with Gasteiger partial charge in [-0.1, -0.05) is 72.8 Å². The molecule has 0 aliphatic heterocycles. The first-order chi connectivity index (χ1) is 15.2. The van der Waals surface area contributed by atoms with Gasteiger partial charge in [0.25, 0.3) is 5.91 Å². The van der Waals surface area contributed by atoms with Gasteiger partial charge in [-0.25, -0.2) is 4.79 Å². The second-order valence-electron chi connectivity index (χ2n) is 6.95. The topological polar surface area (TPSA) is 64.6 Å². The Bertz CT molecular complexity index is 1200. The summed E-state index contributed by atoms with van der Waals surface area (Å²) in [7, 11) is 0. The molecule has 4 rings (SSSR count). The minimum atomic E-state index is -0.585. The summed E-state index contributed by atoms with van der Waals surface area (Å²) >= 11 is 0. The molecule has 4 aromatic carbocycles. The highest BCUT2D eigenvalue weighted by atomic mass is 16.5. The fourth-order valence-electron chi connectivity index (χ4n) is 3.19. The van der Waals surface area contributed by atoms with Crippen LogP contribution in [0.25, 0.3) is 10.8 Å². The second-order valence-corrected chi connectivity index (χ2v) is 6.95. The highest BCUT2D eigenvalue weighted by molar-refractivity contribution is 6.03. The highest BCUT2D eigenvalue weighted by Gasteiger charge is 2.12. The monoisotopic (exact) mass is 411 g/mol. The third-order valence-corrected chi connectivity index (χ3v) is 4.72. The van der Waals surface area contributed by atoms with E-state index in [-0.39, 0.29) is 6.61 Å². The number of hydrogen-bond donors (Lipinski definition) is 1. The van der Waals surface area contributed by atoms with Crippen molar-refractivity contribution in [2.24, 2.45) is 0 Å². The van der Waals surface area contributed by atoms with Crippen molar-refractivity contribution in [1.82, 2.24) is 0 Å². The number of nitrogens with one attached hydrogen (secondary N) is 1. The number of amides is 1. The first-order valence-electron chi connectivity index (χ1n) is 9.90. The molecule has 1 N–H and O–H groups in total. The van der Waals surface area contributed by atoms with E-state index in [4.69, 9.17) is 9.47 Å². The van der Waals surface area contributed by atoms with Gasteiger partial charge in [-0.3, -0.25) is 4.79 Å². The predicted molar refractivity (Wildman–Crippen MR) is 120 cm³/mol. The molecule has 1 amide bonds. The molecule has 0 aliphatic rings. The molecular weight excluding hydrogens is 390 g/mol. The number of rotatable bonds is 7. The molecule has 5 nitrogen and oxygen atoms in total. The van der Waals surface area contributed by atoms with Crippen molar-refractivity contribution in [2.75, 3.05) is 11.9 Å². The summed E-state index contributed by atoms with van der Waals surface area (Å²) < 4.78 is 10.9. The zero-order chi connectivity index (χ0) is 21.5. The number of ether oxygens (including phenoxy) is 2. The maximum atomic E-state index is 12.4. The van der Waals surface area contributed by atoms with Gasteiger partial charge < -0.3 is 14.8 Å². The molecule has 4 aromatic rings. The molecule has 0 radical (unpaired) electrons. The zero-order valence-electron chi connectivity index (χ0n) is 16.8. The maximum Gasteiger partial charge on any atom is 0.338 e. The minimum absolute atomic E-state index is 0.323. The van der Waals surface area contributed by atoms with Gasteiger partial charge in [0.05, 0.1) is 5.56 Å². The standard InChI is InChI=1S/C26H21NO4/c28-25(27-24-15-7-11-20-10-4-5-14-23(20)24)18-31-26(29)21-12-6-13-22(16-21)30-17-19-8-2-1-3-9-19/h1-16H,17-18H2,(H,27,28). The summed E-state index contributed by atoms with van der Waals surface area (Å²) in [6.07, 6.45) is 0. The molecule has 31 heavy (non-hydrogen) atoms. The van der Waals surface area contributed by atoms with Crippen LogP contribution in [0.2, 0.25) is 0 Å². The lowest BCUT2D eigenvalue weighted by Crippen LogP contribution is -2.21. The summed E-state index contributed by atoms with van der Waals surface area (Å²) in [5, 5.41) is 4.74. The summed E-state index contributed by atoms with van der Waals surface area (Å²) in [5.74, 6) is -0.432. The molecule has 0 bridgehead atoms. The molecule has 0 saturated heterocycles. The Labute approximate surface area is 180 Å². The van der Waals surface area contributed by atoms with Crippen molar-refractivity contribution < 1.29 is 19.1 Å². The average Bonchev–Trinajstić information content (AvgIpc) is 2.82. The van der Waals surface area contributed by atoms with Gasteiger partial charge in [0.1, 0.15) is 12.4 Å². The molecule has 0 fully saturated rings. The first kappa shape index (κ1) is 20.2. The molecule has 0 atom stereocenters. The molecule has 0 unspecified atom stereocenters. The third-order valence-electron chi connectivity index (χ3n) is 4.72. The van der Waals surface area contributed by atoms with Crippen molar-refractivity contribution >= 4 is 28.3 Å². The quantitative estimate of drug-likeness (QED) is 0.424. The van der Waals surface area contributed by atoms with E-state index in [1.807, 2.05) is 72.8 Å². The van der Waals surface area contributed by atoms with Crippen LogP contribution in [0.1, 0.15) is 15.9 Å². The van der Waals surface area contributed by atoms with E-state index < -0.39 is 11.9 Å². The third kappa shape index (κ3) is 5.28. The van der Waals surface area contributed by atoms with E-state index in [2.05, 4.69) is 5.32 Å². The van der Waals surface area contributed by atoms with Crippen molar-refractivity contribution in [1.29, 1.82) is 0 Å². The van der Waals surface area contributed by atoms with E-state index in [0.717, 1.165) is 16.3 Å². The van der Waals surface area contributed by atoms with Crippen molar-refractivity contribution in [3.8, 4) is 5.75 Å². The number of benzene rings is 4. The molecule has 0 aromatic heterocycles. The Morgan fingerprint density at radius 2 is 1.52 bits per heavy atom. The van der Waals surface area contributed by atoms with Gasteiger partial charge in [-0.2, -0.15) is 0 Å².